The topological polar surface area (TPSA) is 20.2 Å². The fraction of sp³-hybridized carbons (Fsp3) is 0.647. The molecule has 0 atom stereocenters. The van der Waals surface area contributed by atoms with E-state index in [-0.39, 0.29) is 5.41 Å². The summed E-state index contributed by atoms with van der Waals surface area (Å²) in [5, 5.41) is 10.9. The first-order chi connectivity index (χ1) is 8.33. The number of hydrogen-bond acceptors (Lipinski definition) is 1. The molecule has 1 aromatic carbocycles. The maximum atomic E-state index is 10.9. The van der Waals surface area contributed by atoms with E-state index >= 15 is 0 Å². The molecule has 1 aliphatic rings. The van der Waals surface area contributed by atoms with Gasteiger partial charge in [-0.25, -0.2) is 0 Å². The molecule has 1 N–H and O–H groups in total. The monoisotopic (exact) mass is 246 g/mol. The highest BCUT2D eigenvalue weighted by Gasteiger charge is 2.33. The molecule has 1 aromatic rings. The standard InChI is InChI=1S/C17H26O/c1-13-8-9-14(16(2,3)4)12-15(13)17(18)10-6-5-7-11-17/h8-9,12,18H,5-7,10-11H2,1-4H3. The van der Waals surface area contributed by atoms with Gasteiger partial charge in [0.15, 0.2) is 0 Å². The van der Waals surface area contributed by atoms with Gasteiger partial charge in [0.1, 0.15) is 0 Å². The van der Waals surface area contributed by atoms with Gasteiger partial charge in [0.05, 0.1) is 5.60 Å². The van der Waals surface area contributed by atoms with E-state index in [1.165, 1.54) is 17.5 Å². The van der Waals surface area contributed by atoms with Crippen LogP contribution in [0.1, 0.15) is 69.6 Å². The Hall–Kier alpha value is -0.820. The molecule has 1 fully saturated rings. The van der Waals surface area contributed by atoms with Crippen LogP contribution in [-0.2, 0) is 11.0 Å². The van der Waals surface area contributed by atoms with Crippen molar-refractivity contribution >= 4 is 0 Å². The Morgan fingerprint density at radius 2 is 1.67 bits per heavy atom. The molecule has 0 radical (unpaired) electrons. The first-order valence-electron chi connectivity index (χ1n) is 7.17. The maximum Gasteiger partial charge on any atom is 0.0899 e. The molecule has 1 saturated carbocycles. The Morgan fingerprint density at radius 1 is 1.06 bits per heavy atom. The summed E-state index contributed by atoms with van der Waals surface area (Å²) in [6, 6.07) is 6.61. The van der Waals surface area contributed by atoms with Gasteiger partial charge in [-0.2, -0.15) is 0 Å². The molecule has 100 valence electrons. The number of aliphatic hydroxyl groups is 1. The summed E-state index contributed by atoms with van der Waals surface area (Å²) in [7, 11) is 0. The summed E-state index contributed by atoms with van der Waals surface area (Å²) in [4.78, 5) is 0. The minimum absolute atomic E-state index is 0.146. The van der Waals surface area contributed by atoms with E-state index in [1.807, 2.05) is 0 Å². The van der Waals surface area contributed by atoms with Crippen LogP contribution >= 0.6 is 0 Å². The lowest BCUT2D eigenvalue weighted by atomic mass is 9.75. The van der Waals surface area contributed by atoms with E-state index in [0.717, 1.165) is 31.2 Å². The van der Waals surface area contributed by atoms with Crippen molar-refractivity contribution in [3.8, 4) is 0 Å². The van der Waals surface area contributed by atoms with Crippen LogP contribution in [0.2, 0.25) is 0 Å². The third-order valence-corrected chi connectivity index (χ3v) is 4.29. The maximum absolute atomic E-state index is 10.9. The summed E-state index contributed by atoms with van der Waals surface area (Å²) in [6.07, 6.45) is 5.40. The van der Waals surface area contributed by atoms with Crippen LogP contribution in [0, 0.1) is 6.92 Å². The molecule has 0 bridgehead atoms. The summed E-state index contributed by atoms with van der Waals surface area (Å²) < 4.78 is 0. The molecular weight excluding hydrogens is 220 g/mol. The Kier molecular flexibility index (Phi) is 3.55. The van der Waals surface area contributed by atoms with Gasteiger partial charge in [-0.15, -0.1) is 0 Å². The zero-order valence-corrected chi connectivity index (χ0v) is 12.2. The molecule has 0 heterocycles. The average Bonchev–Trinajstić information content (AvgIpc) is 2.28. The fourth-order valence-corrected chi connectivity index (χ4v) is 3.00. The average molecular weight is 246 g/mol. The van der Waals surface area contributed by atoms with Crippen LogP contribution in [0.15, 0.2) is 18.2 Å². The molecule has 2 rings (SSSR count). The van der Waals surface area contributed by atoms with Crippen molar-refractivity contribution in [3.05, 3.63) is 34.9 Å². The van der Waals surface area contributed by atoms with Crippen LogP contribution in [0.4, 0.5) is 0 Å². The lowest BCUT2D eigenvalue weighted by Crippen LogP contribution is -2.30. The molecule has 0 amide bonds. The summed E-state index contributed by atoms with van der Waals surface area (Å²) in [5.74, 6) is 0. The third-order valence-electron chi connectivity index (χ3n) is 4.29. The van der Waals surface area contributed by atoms with Crippen LogP contribution in [0.3, 0.4) is 0 Å². The second-order valence-electron chi connectivity index (χ2n) is 6.87. The van der Waals surface area contributed by atoms with Crippen LogP contribution in [0.5, 0.6) is 0 Å². The van der Waals surface area contributed by atoms with Crippen molar-refractivity contribution in [3.63, 3.8) is 0 Å². The van der Waals surface area contributed by atoms with Gasteiger partial charge in [-0.05, 0) is 41.9 Å². The van der Waals surface area contributed by atoms with Crippen LogP contribution in [-0.4, -0.2) is 5.11 Å². The summed E-state index contributed by atoms with van der Waals surface area (Å²) in [6.45, 7) is 8.81. The summed E-state index contributed by atoms with van der Waals surface area (Å²) >= 11 is 0. The lowest BCUT2D eigenvalue weighted by molar-refractivity contribution is -0.00128. The molecule has 1 aliphatic carbocycles. The number of benzene rings is 1. The first kappa shape index (κ1) is 13.6. The van der Waals surface area contributed by atoms with Crippen molar-refractivity contribution in [2.45, 2.75) is 70.8 Å². The Balaban J connectivity index is 2.43. The molecule has 0 aliphatic heterocycles. The van der Waals surface area contributed by atoms with Gasteiger partial charge in [0.25, 0.3) is 0 Å². The molecule has 1 heteroatoms. The van der Waals surface area contributed by atoms with Gasteiger partial charge in [0.2, 0.25) is 0 Å². The molecular formula is C17H26O. The van der Waals surface area contributed by atoms with E-state index in [9.17, 15) is 5.11 Å². The first-order valence-corrected chi connectivity index (χ1v) is 7.17. The number of aryl methyl sites for hydroxylation is 1. The van der Waals surface area contributed by atoms with E-state index in [1.54, 1.807) is 0 Å². The van der Waals surface area contributed by atoms with Crippen molar-refractivity contribution in [1.82, 2.24) is 0 Å². The minimum Gasteiger partial charge on any atom is -0.385 e. The highest BCUT2D eigenvalue weighted by atomic mass is 16.3. The van der Waals surface area contributed by atoms with Gasteiger partial charge < -0.3 is 5.11 Å². The molecule has 18 heavy (non-hydrogen) atoms. The molecule has 0 spiro atoms. The van der Waals surface area contributed by atoms with Gasteiger partial charge >= 0.3 is 0 Å². The van der Waals surface area contributed by atoms with Crippen LogP contribution < -0.4 is 0 Å². The Morgan fingerprint density at radius 3 is 2.22 bits per heavy atom. The van der Waals surface area contributed by atoms with Crippen molar-refractivity contribution in [2.24, 2.45) is 0 Å². The molecule has 0 saturated heterocycles. The van der Waals surface area contributed by atoms with Gasteiger partial charge in [-0.1, -0.05) is 58.2 Å². The third kappa shape index (κ3) is 2.61. The summed E-state index contributed by atoms with van der Waals surface area (Å²) in [5.41, 5.74) is 3.28. The number of rotatable bonds is 1. The fourth-order valence-electron chi connectivity index (χ4n) is 3.00. The molecule has 0 unspecified atom stereocenters. The smallest absolute Gasteiger partial charge is 0.0899 e. The predicted octanol–water partition coefficient (Wildman–Crippen LogP) is 4.44. The largest absolute Gasteiger partial charge is 0.385 e. The van der Waals surface area contributed by atoms with Crippen molar-refractivity contribution in [2.75, 3.05) is 0 Å². The van der Waals surface area contributed by atoms with E-state index < -0.39 is 5.60 Å². The molecule has 1 nitrogen and oxygen atoms in total. The highest BCUT2D eigenvalue weighted by Crippen LogP contribution is 2.39. The second kappa shape index (κ2) is 4.70. The highest BCUT2D eigenvalue weighted by molar-refractivity contribution is 5.38. The van der Waals surface area contributed by atoms with Crippen LogP contribution in [0.25, 0.3) is 0 Å². The van der Waals surface area contributed by atoms with Crippen molar-refractivity contribution in [1.29, 1.82) is 0 Å². The SMILES string of the molecule is Cc1ccc(C(C)(C)C)cc1C1(O)CCCCC1. The van der Waals surface area contributed by atoms with E-state index in [0.29, 0.717) is 0 Å². The Labute approximate surface area is 111 Å². The zero-order chi connectivity index (χ0) is 13.4. The second-order valence-corrected chi connectivity index (χ2v) is 6.87. The van der Waals surface area contributed by atoms with Gasteiger partial charge in [0, 0.05) is 0 Å². The lowest BCUT2D eigenvalue weighted by Gasteiger charge is -2.35. The molecule has 0 aromatic heterocycles. The Bertz CT molecular complexity index is 420. The van der Waals surface area contributed by atoms with E-state index in [2.05, 4.69) is 45.9 Å². The zero-order valence-electron chi connectivity index (χ0n) is 12.2. The quantitative estimate of drug-likeness (QED) is 0.776. The number of hydrogen-bond donors (Lipinski definition) is 1. The predicted molar refractivity (Wildman–Crippen MR) is 76.9 cm³/mol. The van der Waals surface area contributed by atoms with Gasteiger partial charge in [-0.3, -0.25) is 0 Å². The van der Waals surface area contributed by atoms with E-state index in [4.69, 9.17) is 0 Å². The minimum atomic E-state index is -0.580. The normalized spacial score (nSPS) is 19.8. The van der Waals surface area contributed by atoms with Crippen molar-refractivity contribution < 1.29 is 5.11 Å².